The van der Waals surface area contributed by atoms with Crippen molar-refractivity contribution in [3.63, 3.8) is 0 Å². The van der Waals surface area contributed by atoms with Gasteiger partial charge in [0.05, 0.1) is 0 Å². The SMILES string of the molecule is CCc1ccc(-n2ccnc2NC2CC2)cc1. The highest BCUT2D eigenvalue weighted by Crippen LogP contribution is 2.25. The first-order chi connectivity index (χ1) is 8.36. The van der Waals surface area contributed by atoms with Gasteiger partial charge in [-0.1, -0.05) is 19.1 Å². The lowest BCUT2D eigenvalue weighted by molar-refractivity contribution is 0.999. The number of nitrogens with zero attached hydrogens (tertiary/aromatic N) is 2. The third kappa shape index (κ3) is 2.18. The lowest BCUT2D eigenvalue weighted by Gasteiger charge is -2.09. The molecule has 1 fully saturated rings. The molecule has 1 aromatic carbocycles. The molecule has 1 saturated carbocycles. The molecular formula is C14H17N3. The van der Waals surface area contributed by atoms with E-state index in [0.717, 1.165) is 12.4 Å². The fourth-order valence-corrected chi connectivity index (χ4v) is 1.92. The first-order valence-corrected chi connectivity index (χ1v) is 6.26. The second kappa shape index (κ2) is 4.24. The summed E-state index contributed by atoms with van der Waals surface area (Å²) in [7, 11) is 0. The predicted molar refractivity (Wildman–Crippen MR) is 69.6 cm³/mol. The molecule has 0 atom stereocenters. The maximum Gasteiger partial charge on any atom is 0.207 e. The fraction of sp³-hybridized carbons (Fsp3) is 0.357. The number of rotatable bonds is 4. The molecule has 0 amide bonds. The van der Waals surface area contributed by atoms with Crippen LogP contribution >= 0.6 is 0 Å². The lowest BCUT2D eigenvalue weighted by Crippen LogP contribution is -2.07. The highest BCUT2D eigenvalue weighted by atomic mass is 15.2. The van der Waals surface area contributed by atoms with Gasteiger partial charge in [0.25, 0.3) is 0 Å². The van der Waals surface area contributed by atoms with E-state index in [1.165, 1.54) is 24.1 Å². The Morgan fingerprint density at radius 3 is 2.71 bits per heavy atom. The van der Waals surface area contributed by atoms with Crippen LogP contribution in [-0.4, -0.2) is 15.6 Å². The Balaban J connectivity index is 1.88. The molecule has 0 unspecified atom stereocenters. The van der Waals surface area contributed by atoms with Gasteiger partial charge in [-0.15, -0.1) is 0 Å². The number of nitrogens with one attached hydrogen (secondary N) is 1. The van der Waals surface area contributed by atoms with E-state index < -0.39 is 0 Å². The molecular weight excluding hydrogens is 210 g/mol. The number of hydrogen-bond donors (Lipinski definition) is 1. The first kappa shape index (κ1) is 10.4. The zero-order chi connectivity index (χ0) is 11.7. The monoisotopic (exact) mass is 227 g/mol. The summed E-state index contributed by atoms with van der Waals surface area (Å²) in [6.07, 6.45) is 7.46. The first-order valence-electron chi connectivity index (χ1n) is 6.26. The molecule has 0 saturated heterocycles. The van der Waals surface area contributed by atoms with Crippen LogP contribution in [0, 0.1) is 0 Å². The van der Waals surface area contributed by atoms with Crippen molar-refractivity contribution in [3.8, 4) is 5.69 Å². The molecule has 3 heteroatoms. The Bertz CT molecular complexity index is 494. The van der Waals surface area contributed by atoms with Crippen LogP contribution in [0.15, 0.2) is 36.7 Å². The number of hydrogen-bond acceptors (Lipinski definition) is 2. The van der Waals surface area contributed by atoms with Gasteiger partial charge in [-0.25, -0.2) is 4.98 Å². The summed E-state index contributed by atoms with van der Waals surface area (Å²) in [5.74, 6) is 0.955. The molecule has 88 valence electrons. The molecule has 3 rings (SSSR count). The average Bonchev–Trinajstić information content (AvgIpc) is 3.06. The van der Waals surface area contributed by atoms with Crippen molar-refractivity contribution in [2.24, 2.45) is 0 Å². The molecule has 0 aliphatic heterocycles. The standard InChI is InChI=1S/C14H17N3/c1-2-11-3-7-13(8-4-11)17-10-9-15-14(17)16-12-5-6-12/h3-4,7-10,12H,2,5-6H2,1H3,(H,15,16). The van der Waals surface area contributed by atoms with E-state index in [1.807, 2.05) is 12.4 Å². The fourth-order valence-electron chi connectivity index (χ4n) is 1.92. The minimum Gasteiger partial charge on any atom is -0.353 e. The van der Waals surface area contributed by atoms with E-state index in [0.29, 0.717) is 6.04 Å². The Morgan fingerprint density at radius 1 is 1.29 bits per heavy atom. The van der Waals surface area contributed by atoms with Crippen LogP contribution < -0.4 is 5.32 Å². The summed E-state index contributed by atoms with van der Waals surface area (Å²) in [5.41, 5.74) is 2.54. The van der Waals surface area contributed by atoms with Crippen LogP contribution in [0.3, 0.4) is 0 Å². The number of benzene rings is 1. The van der Waals surface area contributed by atoms with Gasteiger partial charge < -0.3 is 5.32 Å². The molecule has 3 nitrogen and oxygen atoms in total. The molecule has 0 spiro atoms. The molecule has 1 aliphatic rings. The normalized spacial score (nSPS) is 14.9. The minimum absolute atomic E-state index is 0.631. The van der Waals surface area contributed by atoms with Crippen LogP contribution in [0.25, 0.3) is 5.69 Å². The zero-order valence-electron chi connectivity index (χ0n) is 10.1. The van der Waals surface area contributed by atoms with Gasteiger partial charge >= 0.3 is 0 Å². The van der Waals surface area contributed by atoms with Gasteiger partial charge in [0.15, 0.2) is 0 Å². The Morgan fingerprint density at radius 2 is 2.06 bits per heavy atom. The average molecular weight is 227 g/mol. The van der Waals surface area contributed by atoms with E-state index in [1.54, 1.807) is 0 Å². The minimum atomic E-state index is 0.631. The Kier molecular flexibility index (Phi) is 2.59. The van der Waals surface area contributed by atoms with Crippen LogP contribution in [0.4, 0.5) is 5.95 Å². The van der Waals surface area contributed by atoms with E-state index in [9.17, 15) is 0 Å². The Labute approximate surface area is 101 Å². The number of aryl methyl sites for hydroxylation is 1. The summed E-state index contributed by atoms with van der Waals surface area (Å²) in [5, 5.41) is 3.44. The van der Waals surface area contributed by atoms with Gasteiger partial charge in [0, 0.05) is 24.1 Å². The lowest BCUT2D eigenvalue weighted by atomic mass is 10.1. The van der Waals surface area contributed by atoms with Gasteiger partial charge in [-0.3, -0.25) is 4.57 Å². The molecule has 0 bridgehead atoms. The van der Waals surface area contributed by atoms with Crippen molar-refractivity contribution in [1.82, 2.24) is 9.55 Å². The summed E-state index contributed by atoms with van der Waals surface area (Å²) in [6, 6.07) is 9.29. The van der Waals surface area contributed by atoms with E-state index in [2.05, 4.69) is 46.1 Å². The molecule has 1 aromatic heterocycles. The van der Waals surface area contributed by atoms with Crippen LogP contribution in [0.1, 0.15) is 25.3 Å². The summed E-state index contributed by atoms with van der Waals surface area (Å²) in [6.45, 7) is 2.17. The predicted octanol–water partition coefficient (Wildman–Crippen LogP) is 3.01. The topological polar surface area (TPSA) is 29.9 Å². The summed E-state index contributed by atoms with van der Waals surface area (Å²) < 4.78 is 2.11. The number of anilines is 1. The smallest absolute Gasteiger partial charge is 0.207 e. The van der Waals surface area contributed by atoms with Crippen molar-refractivity contribution in [3.05, 3.63) is 42.2 Å². The third-order valence-corrected chi connectivity index (χ3v) is 3.17. The summed E-state index contributed by atoms with van der Waals surface area (Å²) >= 11 is 0. The van der Waals surface area contributed by atoms with Crippen molar-refractivity contribution in [2.75, 3.05) is 5.32 Å². The zero-order valence-corrected chi connectivity index (χ0v) is 10.1. The van der Waals surface area contributed by atoms with Crippen LogP contribution in [0.5, 0.6) is 0 Å². The van der Waals surface area contributed by atoms with Gasteiger partial charge in [0.2, 0.25) is 5.95 Å². The maximum atomic E-state index is 4.37. The van der Waals surface area contributed by atoms with Gasteiger partial charge in [-0.05, 0) is 37.0 Å². The highest BCUT2D eigenvalue weighted by molar-refractivity contribution is 5.43. The molecule has 1 N–H and O–H groups in total. The molecule has 1 heterocycles. The van der Waals surface area contributed by atoms with E-state index in [4.69, 9.17) is 0 Å². The van der Waals surface area contributed by atoms with Gasteiger partial charge in [0.1, 0.15) is 0 Å². The van der Waals surface area contributed by atoms with Crippen molar-refractivity contribution in [1.29, 1.82) is 0 Å². The molecule has 17 heavy (non-hydrogen) atoms. The summed E-state index contributed by atoms with van der Waals surface area (Å²) in [4.78, 5) is 4.37. The van der Waals surface area contributed by atoms with Crippen LogP contribution in [0.2, 0.25) is 0 Å². The maximum absolute atomic E-state index is 4.37. The van der Waals surface area contributed by atoms with Crippen molar-refractivity contribution in [2.45, 2.75) is 32.2 Å². The Hall–Kier alpha value is -1.77. The molecule has 1 aliphatic carbocycles. The quantitative estimate of drug-likeness (QED) is 0.870. The molecule has 2 aromatic rings. The van der Waals surface area contributed by atoms with Crippen LogP contribution in [-0.2, 0) is 6.42 Å². The van der Waals surface area contributed by atoms with Gasteiger partial charge in [-0.2, -0.15) is 0 Å². The largest absolute Gasteiger partial charge is 0.353 e. The van der Waals surface area contributed by atoms with Crippen molar-refractivity contribution >= 4 is 5.95 Å². The third-order valence-electron chi connectivity index (χ3n) is 3.17. The van der Waals surface area contributed by atoms with E-state index in [-0.39, 0.29) is 0 Å². The molecule has 0 radical (unpaired) electrons. The van der Waals surface area contributed by atoms with E-state index >= 15 is 0 Å². The number of imidazole rings is 1. The second-order valence-electron chi connectivity index (χ2n) is 4.56. The number of aromatic nitrogens is 2. The second-order valence-corrected chi connectivity index (χ2v) is 4.56. The highest BCUT2D eigenvalue weighted by Gasteiger charge is 2.22. The van der Waals surface area contributed by atoms with Crippen molar-refractivity contribution < 1.29 is 0 Å².